The Morgan fingerprint density at radius 2 is 2.25 bits per heavy atom. The number of hydrogen-bond donors (Lipinski definition) is 2. The summed E-state index contributed by atoms with van der Waals surface area (Å²) in [5.41, 5.74) is 5.38. The Labute approximate surface area is 128 Å². The summed E-state index contributed by atoms with van der Waals surface area (Å²) in [6.45, 7) is 1.52. The molecule has 1 aromatic heterocycles. The van der Waals surface area contributed by atoms with E-state index in [-0.39, 0.29) is 30.3 Å². The summed E-state index contributed by atoms with van der Waals surface area (Å²) >= 11 is 1.41. The number of rotatable bonds is 4. The van der Waals surface area contributed by atoms with Gasteiger partial charge in [0.05, 0.1) is 4.88 Å². The Morgan fingerprint density at radius 1 is 1.45 bits per heavy atom. The van der Waals surface area contributed by atoms with Gasteiger partial charge in [-0.1, -0.05) is 6.07 Å². The number of hydrogen-bond acceptors (Lipinski definition) is 4. The molecule has 5 nitrogen and oxygen atoms in total. The molecule has 2 amide bonds. The molecule has 1 atom stereocenters. The number of nitrogens with two attached hydrogens (primary N) is 1. The van der Waals surface area contributed by atoms with E-state index in [0.717, 1.165) is 19.3 Å². The van der Waals surface area contributed by atoms with Crippen LogP contribution in [0.5, 0.6) is 0 Å². The first-order chi connectivity index (χ1) is 9.24. The molecule has 2 rings (SSSR count). The van der Waals surface area contributed by atoms with Crippen LogP contribution in [0.25, 0.3) is 0 Å². The van der Waals surface area contributed by atoms with E-state index in [1.165, 1.54) is 11.3 Å². The van der Waals surface area contributed by atoms with Gasteiger partial charge >= 0.3 is 0 Å². The predicted octanol–water partition coefficient (Wildman–Crippen LogP) is 1.24. The molecule has 0 saturated carbocycles. The summed E-state index contributed by atoms with van der Waals surface area (Å²) in [4.78, 5) is 26.9. The highest BCUT2D eigenvalue weighted by atomic mass is 35.5. The SMILES string of the molecule is Cl.NCCNC(=O)C1CCCCN1C(=O)c1cccs1. The van der Waals surface area contributed by atoms with Gasteiger partial charge in [0, 0.05) is 19.6 Å². The van der Waals surface area contributed by atoms with E-state index in [4.69, 9.17) is 5.73 Å². The zero-order valence-electron chi connectivity index (χ0n) is 11.2. The van der Waals surface area contributed by atoms with E-state index in [0.29, 0.717) is 24.5 Å². The minimum Gasteiger partial charge on any atom is -0.353 e. The smallest absolute Gasteiger partial charge is 0.264 e. The van der Waals surface area contributed by atoms with Gasteiger partial charge in [-0.3, -0.25) is 9.59 Å². The fraction of sp³-hybridized carbons (Fsp3) is 0.538. The number of likely N-dealkylation sites (tertiary alicyclic amines) is 1. The lowest BCUT2D eigenvalue weighted by molar-refractivity contribution is -0.126. The second kappa shape index (κ2) is 8.24. The number of halogens is 1. The molecule has 7 heteroatoms. The topological polar surface area (TPSA) is 75.4 Å². The van der Waals surface area contributed by atoms with Gasteiger partial charge in [0.15, 0.2) is 0 Å². The maximum atomic E-state index is 12.4. The van der Waals surface area contributed by atoms with Crippen molar-refractivity contribution in [2.75, 3.05) is 19.6 Å². The molecule has 1 aromatic rings. The van der Waals surface area contributed by atoms with Crippen LogP contribution in [0.15, 0.2) is 17.5 Å². The van der Waals surface area contributed by atoms with Crippen molar-refractivity contribution in [1.29, 1.82) is 0 Å². The Kier molecular flexibility index (Phi) is 6.98. The highest BCUT2D eigenvalue weighted by molar-refractivity contribution is 7.12. The number of piperidine rings is 1. The second-order valence-corrected chi connectivity index (χ2v) is 5.51. The van der Waals surface area contributed by atoms with Gasteiger partial charge < -0.3 is 16.0 Å². The van der Waals surface area contributed by atoms with Crippen LogP contribution >= 0.6 is 23.7 Å². The Balaban J connectivity index is 0.00000200. The van der Waals surface area contributed by atoms with Crippen LogP contribution < -0.4 is 11.1 Å². The quantitative estimate of drug-likeness (QED) is 0.877. The van der Waals surface area contributed by atoms with Gasteiger partial charge in [0.1, 0.15) is 6.04 Å². The zero-order valence-corrected chi connectivity index (χ0v) is 12.8. The maximum Gasteiger partial charge on any atom is 0.264 e. The predicted molar refractivity (Wildman–Crippen MR) is 82.3 cm³/mol. The first kappa shape index (κ1) is 16.9. The van der Waals surface area contributed by atoms with Crippen LogP contribution in [0.2, 0.25) is 0 Å². The molecule has 0 bridgehead atoms. The van der Waals surface area contributed by atoms with Crippen molar-refractivity contribution in [3.63, 3.8) is 0 Å². The third-order valence-corrected chi connectivity index (χ3v) is 4.10. The van der Waals surface area contributed by atoms with Gasteiger partial charge in [0.2, 0.25) is 5.91 Å². The minimum absolute atomic E-state index is 0. The molecule has 20 heavy (non-hydrogen) atoms. The van der Waals surface area contributed by atoms with Crippen molar-refractivity contribution >= 4 is 35.6 Å². The van der Waals surface area contributed by atoms with E-state index in [1.807, 2.05) is 11.4 Å². The molecule has 1 unspecified atom stereocenters. The second-order valence-electron chi connectivity index (χ2n) is 4.57. The van der Waals surface area contributed by atoms with Gasteiger partial charge in [-0.05, 0) is 30.7 Å². The molecule has 1 fully saturated rings. The molecule has 112 valence electrons. The first-order valence-electron chi connectivity index (χ1n) is 6.56. The zero-order chi connectivity index (χ0) is 13.7. The van der Waals surface area contributed by atoms with Crippen molar-refractivity contribution in [3.05, 3.63) is 22.4 Å². The highest BCUT2D eigenvalue weighted by Crippen LogP contribution is 2.21. The molecule has 1 aliphatic heterocycles. The molecule has 0 spiro atoms. The lowest BCUT2D eigenvalue weighted by Gasteiger charge is -2.34. The van der Waals surface area contributed by atoms with Crippen LogP contribution in [-0.2, 0) is 4.79 Å². The molecule has 1 aliphatic rings. The van der Waals surface area contributed by atoms with Crippen molar-refractivity contribution in [3.8, 4) is 0 Å². The summed E-state index contributed by atoms with van der Waals surface area (Å²) < 4.78 is 0. The number of amides is 2. The summed E-state index contributed by atoms with van der Waals surface area (Å²) in [5, 5.41) is 4.65. The summed E-state index contributed by atoms with van der Waals surface area (Å²) in [6.07, 6.45) is 2.67. The third kappa shape index (κ3) is 3.94. The van der Waals surface area contributed by atoms with Crippen molar-refractivity contribution in [2.24, 2.45) is 5.73 Å². The normalized spacial score (nSPS) is 18.2. The summed E-state index contributed by atoms with van der Waals surface area (Å²) in [6, 6.07) is 3.30. The van der Waals surface area contributed by atoms with Gasteiger partial charge in [-0.15, -0.1) is 23.7 Å². The van der Waals surface area contributed by atoms with Gasteiger partial charge in [0.25, 0.3) is 5.91 Å². The molecular weight excluding hydrogens is 298 g/mol. The molecular formula is C13H20ClN3O2S. The fourth-order valence-electron chi connectivity index (χ4n) is 2.30. The van der Waals surface area contributed by atoms with Crippen molar-refractivity contribution in [1.82, 2.24) is 10.2 Å². The lowest BCUT2D eigenvalue weighted by Crippen LogP contribution is -2.52. The molecule has 3 N–H and O–H groups in total. The van der Waals surface area contributed by atoms with Crippen LogP contribution in [0.3, 0.4) is 0 Å². The van der Waals surface area contributed by atoms with Crippen LogP contribution in [0.1, 0.15) is 28.9 Å². The summed E-state index contributed by atoms with van der Waals surface area (Å²) in [5.74, 6) is -0.127. The Morgan fingerprint density at radius 3 is 2.90 bits per heavy atom. The van der Waals surface area contributed by atoms with Crippen molar-refractivity contribution < 1.29 is 9.59 Å². The molecule has 0 aliphatic carbocycles. The van der Waals surface area contributed by atoms with Crippen LogP contribution in [-0.4, -0.2) is 42.4 Å². The average molecular weight is 318 g/mol. The van der Waals surface area contributed by atoms with Crippen LogP contribution in [0, 0.1) is 0 Å². The molecule has 0 aromatic carbocycles. The Bertz CT molecular complexity index is 439. The van der Waals surface area contributed by atoms with Gasteiger partial charge in [-0.25, -0.2) is 0 Å². The lowest BCUT2D eigenvalue weighted by atomic mass is 10.0. The largest absolute Gasteiger partial charge is 0.353 e. The van der Waals surface area contributed by atoms with Crippen molar-refractivity contribution in [2.45, 2.75) is 25.3 Å². The van der Waals surface area contributed by atoms with E-state index in [2.05, 4.69) is 5.32 Å². The number of thiophene rings is 1. The molecule has 2 heterocycles. The van der Waals surface area contributed by atoms with Crippen LogP contribution in [0.4, 0.5) is 0 Å². The fourth-order valence-corrected chi connectivity index (χ4v) is 2.98. The maximum absolute atomic E-state index is 12.4. The third-order valence-electron chi connectivity index (χ3n) is 3.24. The number of carbonyl (C=O) groups is 2. The van der Waals surface area contributed by atoms with E-state index >= 15 is 0 Å². The number of nitrogens with one attached hydrogen (secondary N) is 1. The number of carbonyl (C=O) groups excluding carboxylic acids is 2. The van der Waals surface area contributed by atoms with E-state index in [9.17, 15) is 9.59 Å². The van der Waals surface area contributed by atoms with E-state index in [1.54, 1.807) is 11.0 Å². The summed E-state index contributed by atoms with van der Waals surface area (Å²) in [7, 11) is 0. The van der Waals surface area contributed by atoms with Gasteiger partial charge in [-0.2, -0.15) is 0 Å². The number of nitrogens with zero attached hydrogens (tertiary/aromatic N) is 1. The monoisotopic (exact) mass is 317 g/mol. The average Bonchev–Trinajstić information content (AvgIpc) is 2.98. The Hall–Kier alpha value is -1.11. The first-order valence-corrected chi connectivity index (χ1v) is 7.44. The standard InChI is InChI=1S/C13H19N3O2S.ClH/c14-6-7-15-12(17)10-4-1-2-8-16(10)13(18)11-5-3-9-19-11;/h3,5,9-10H,1-2,4,6-8,14H2,(H,15,17);1H. The molecule has 1 saturated heterocycles. The van der Waals surface area contributed by atoms with E-state index < -0.39 is 0 Å². The highest BCUT2D eigenvalue weighted by Gasteiger charge is 2.32. The minimum atomic E-state index is -0.352. The molecule has 0 radical (unpaired) electrons.